The van der Waals surface area contributed by atoms with Gasteiger partial charge in [0.15, 0.2) is 0 Å². The Hall–Kier alpha value is -1.29. The highest BCUT2D eigenvalue weighted by atomic mass is 32.2. The number of hydrogen-bond acceptors (Lipinski definition) is 4. The van der Waals surface area contributed by atoms with Gasteiger partial charge in [0, 0.05) is 38.3 Å². The van der Waals surface area contributed by atoms with E-state index >= 15 is 0 Å². The number of benzene rings is 1. The second kappa shape index (κ2) is 7.12. The summed E-state index contributed by atoms with van der Waals surface area (Å²) in [4.78, 5) is 0. The van der Waals surface area contributed by atoms with Crippen LogP contribution in [0, 0.1) is 0 Å². The van der Waals surface area contributed by atoms with Gasteiger partial charge < -0.3 is 10.1 Å². The molecule has 0 aliphatic carbocycles. The summed E-state index contributed by atoms with van der Waals surface area (Å²) < 4.78 is 56.8. The van der Waals surface area contributed by atoms with Gasteiger partial charge in [-0.1, -0.05) is 18.2 Å². The van der Waals surface area contributed by atoms with E-state index in [4.69, 9.17) is 0 Å². The Morgan fingerprint density at radius 2 is 1.95 bits per heavy atom. The van der Waals surface area contributed by atoms with Gasteiger partial charge in [0.2, 0.25) is 0 Å². The van der Waals surface area contributed by atoms with E-state index < -0.39 is 16.8 Å². The molecule has 9 heteroatoms. The number of nitrogens with zero attached hydrogens (tertiary/aromatic N) is 1. The van der Waals surface area contributed by atoms with E-state index in [9.17, 15) is 17.2 Å². The number of hydrogen-bond donors (Lipinski definition) is 2. The monoisotopic (exact) mass is 321 g/mol. The minimum atomic E-state index is -3.63. The van der Waals surface area contributed by atoms with Gasteiger partial charge in [0.25, 0.3) is 10.2 Å². The first kappa shape index (κ1) is 16.1. The lowest BCUT2D eigenvalue weighted by Gasteiger charge is -2.26. The van der Waals surface area contributed by atoms with Gasteiger partial charge in [-0.25, -0.2) is 0 Å². The van der Waals surface area contributed by atoms with Crippen molar-refractivity contribution in [3.63, 3.8) is 0 Å². The molecule has 1 aromatic carbocycles. The smallest absolute Gasteiger partial charge is 0.387 e. The Morgan fingerprint density at radius 3 is 2.62 bits per heavy atom. The predicted molar refractivity (Wildman–Crippen MR) is 73.3 cm³/mol. The van der Waals surface area contributed by atoms with Crippen molar-refractivity contribution in [2.45, 2.75) is 13.2 Å². The molecule has 1 aliphatic rings. The van der Waals surface area contributed by atoms with Gasteiger partial charge in [0.05, 0.1) is 0 Å². The summed E-state index contributed by atoms with van der Waals surface area (Å²) in [5.41, 5.74) is 0.358. The molecule has 0 spiro atoms. The van der Waals surface area contributed by atoms with Crippen molar-refractivity contribution >= 4 is 10.2 Å². The first-order chi connectivity index (χ1) is 9.99. The standard InChI is InChI=1S/C12H17F2N3O3S/c13-12(14)20-11-4-2-1-3-10(11)9-16-21(18,19)17-7-5-15-6-8-17/h1-4,12,15-16H,5-9H2. The van der Waals surface area contributed by atoms with Gasteiger partial charge in [-0.05, 0) is 6.07 Å². The molecular formula is C12H17F2N3O3S. The number of alkyl halides is 2. The number of nitrogens with one attached hydrogen (secondary N) is 2. The third-order valence-electron chi connectivity index (χ3n) is 3.05. The molecule has 0 unspecified atom stereocenters. The maximum atomic E-state index is 12.3. The SMILES string of the molecule is O=S(=O)(NCc1ccccc1OC(F)F)N1CCNCC1. The van der Waals surface area contributed by atoms with Gasteiger partial charge in [-0.3, -0.25) is 0 Å². The zero-order valence-corrected chi connectivity index (χ0v) is 12.1. The highest BCUT2D eigenvalue weighted by Gasteiger charge is 2.23. The van der Waals surface area contributed by atoms with Crippen LogP contribution in [-0.4, -0.2) is 45.5 Å². The van der Waals surface area contributed by atoms with E-state index in [1.54, 1.807) is 12.1 Å². The van der Waals surface area contributed by atoms with Crippen LogP contribution in [0.15, 0.2) is 24.3 Å². The minimum Gasteiger partial charge on any atom is -0.434 e. The molecule has 1 fully saturated rings. The summed E-state index contributed by atoms with van der Waals surface area (Å²) in [6, 6.07) is 6.09. The van der Waals surface area contributed by atoms with Crippen LogP contribution in [-0.2, 0) is 16.8 Å². The molecule has 0 bridgehead atoms. The lowest BCUT2D eigenvalue weighted by Crippen LogP contribution is -2.50. The molecule has 1 heterocycles. The van der Waals surface area contributed by atoms with Gasteiger partial charge in [-0.2, -0.15) is 26.2 Å². The molecular weight excluding hydrogens is 304 g/mol. The second-order valence-electron chi connectivity index (χ2n) is 4.46. The number of piperazine rings is 1. The van der Waals surface area contributed by atoms with Crippen LogP contribution < -0.4 is 14.8 Å². The lowest BCUT2D eigenvalue weighted by molar-refractivity contribution is -0.0504. The molecule has 0 atom stereocenters. The molecule has 21 heavy (non-hydrogen) atoms. The number of para-hydroxylation sites is 1. The molecule has 0 radical (unpaired) electrons. The predicted octanol–water partition coefficient (Wildman–Crippen LogP) is 0.528. The molecule has 1 aromatic rings. The zero-order chi connectivity index (χ0) is 15.3. The Morgan fingerprint density at radius 1 is 1.29 bits per heavy atom. The number of halogens is 2. The van der Waals surface area contributed by atoms with Crippen molar-refractivity contribution < 1.29 is 21.9 Å². The Labute approximate surface area is 122 Å². The van der Waals surface area contributed by atoms with E-state index in [0.717, 1.165) is 0 Å². The second-order valence-corrected chi connectivity index (χ2v) is 6.22. The molecule has 6 nitrogen and oxygen atoms in total. The van der Waals surface area contributed by atoms with Crippen molar-refractivity contribution in [3.05, 3.63) is 29.8 Å². The quantitative estimate of drug-likeness (QED) is 0.802. The average molecular weight is 321 g/mol. The summed E-state index contributed by atoms with van der Waals surface area (Å²) >= 11 is 0. The average Bonchev–Trinajstić information content (AvgIpc) is 2.47. The van der Waals surface area contributed by atoms with Gasteiger partial charge in [0.1, 0.15) is 5.75 Å². The maximum absolute atomic E-state index is 12.3. The first-order valence-electron chi connectivity index (χ1n) is 6.47. The summed E-state index contributed by atoms with van der Waals surface area (Å²) in [6.45, 7) is -1.11. The number of ether oxygens (including phenoxy) is 1. The van der Waals surface area contributed by atoms with Crippen LogP contribution in [0.25, 0.3) is 0 Å². The first-order valence-corrected chi connectivity index (χ1v) is 7.91. The van der Waals surface area contributed by atoms with E-state index in [0.29, 0.717) is 31.7 Å². The van der Waals surface area contributed by atoms with Crippen LogP contribution in [0.1, 0.15) is 5.56 Å². The molecule has 0 aromatic heterocycles. The fourth-order valence-electron chi connectivity index (χ4n) is 2.01. The van der Waals surface area contributed by atoms with Crippen molar-refractivity contribution in [1.29, 1.82) is 0 Å². The highest BCUT2D eigenvalue weighted by Crippen LogP contribution is 2.20. The third-order valence-corrected chi connectivity index (χ3v) is 4.60. The van der Waals surface area contributed by atoms with Crippen LogP contribution in [0.5, 0.6) is 5.75 Å². The minimum absolute atomic E-state index is 0.0319. The van der Waals surface area contributed by atoms with Gasteiger partial charge >= 0.3 is 6.61 Å². The molecule has 118 valence electrons. The Kier molecular flexibility index (Phi) is 5.45. The molecule has 0 amide bonds. The van der Waals surface area contributed by atoms with Crippen molar-refractivity contribution in [2.24, 2.45) is 0 Å². The molecule has 2 N–H and O–H groups in total. The Bertz CT molecular complexity index is 563. The highest BCUT2D eigenvalue weighted by molar-refractivity contribution is 7.87. The van der Waals surface area contributed by atoms with Crippen LogP contribution >= 0.6 is 0 Å². The van der Waals surface area contributed by atoms with Crippen molar-refractivity contribution in [3.8, 4) is 5.75 Å². The van der Waals surface area contributed by atoms with Crippen molar-refractivity contribution in [2.75, 3.05) is 26.2 Å². The lowest BCUT2D eigenvalue weighted by atomic mass is 10.2. The van der Waals surface area contributed by atoms with Crippen LogP contribution in [0.2, 0.25) is 0 Å². The van der Waals surface area contributed by atoms with E-state index in [-0.39, 0.29) is 12.3 Å². The molecule has 1 saturated heterocycles. The summed E-state index contributed by atoms with van der Waals surface area (Å²) in [7, 11) is -3.63. The van der Waals surface area contributed by atoms with E-state index in [1.807, 2.05) is 0 Å². The number of rotatable bonds is 6. The molecule has 1 aliphatic heterocycles. The third kappa shape index (κ3) is 4.60. The zero-order valence-electron chi connectivity index (χ0n) is 11.3. The van der Waals surface area contributed by atoms with Crippen LogP contribution in [0.4, 0.5) is 8.78 Å². The summed E-state index contributed by atoms with van der Waals surface area (Å²) in [5, 5.41) is 3.05. The largest absolute Gasteiger partial charge is 0.434 e. The van der Waals surface area contributed by atoms with Gasteiger partial charge in [-0.15, -0.1) is 0 Å². The van der Waals surface area contributed by atoms with E-state index in [1.165, 1.54) is 16.4 Å². The summed E-state index contributed by atoms with van der Waals surface area (Å²) in [5.74, 6) is -0.0319. The molecule has 0 saturated carbocycles. The fourth-order valence-corrected chi connectivity index (χ4v) is 3.19. The molecule has 2 rings (SSSR count). The van der Waals surface area contributed by atoms with Crippen LogP contribution in [0.3, 0.4) is 0 Å². The summed E-state index contributed by atoms with van der Waals surface area (Å²) in [6.07, 6.45) is 0. The topological polar surface area (TPSA) is 70.7 Å². The van der Waals surface area contributed by atoms with E-state index in [2.05, 4.69) is 14.8 Å². The Balaban J connectivity index is 2.02. The van der Waals surface area contributed by atoms with Crippen molar-refractivity contribution in [1.82, 2.24) is 14.3 Å². The normalized spacial score (nSPS) is 17.1. The fraction of sp³-hybridized carbons (Fsp3) is 0.500. The maximum Gasteiger partial charge on any atom is 0.387 e.